The summed E-state index contributed by atoms with van der Waals surface area (Å²) in [7, 11) is 0. The molecule has 2 rings (SSSR count). The van der Waals surface area contributed by atoms with Crippen molar-refractivity contribution in [3.63, 3.8) is 0 Å². The van der Waals surface area contributed by atoms with Crippen molar-refractivity contribution in [1.82, 2.24) is 5.32 Å². The summed E-state index contributed by atoms with van der Waals surface area (Å²) < 4.78 is 18.4. The number of halogens is 3. The fourth-order valence-electron chi connectivity index (χ4n) is 2.21. The molecule has 0 spiro atoms. The number of rotatable bonds is 7. The van der Waals surface area contributed by atoms with Crippen LogP contribution in [0.2, 0.25) is 10.0 Å². The summed E-state index contributed by atoms with van der Waals surface area (Å²) in [6, 6.07) is 8.67. The lowest BCUT2D eigenvalue weighted by atomic mass is 10.1. The van der Waals surface area contributed by atoms with Gasteiger partial charge < -0.3 is 10.1 Å². The monoisotopic (exact) mass is 411 g/mol. The number of carbonyl (C=O) groups is 3. The zero-order chi connectivity index (χ0) is 20.0. The molecule has 1 amide bonds. The Hall–Kier alpha value is -2.44. The Balaban J connectivity index is 1.92. The number of hydrogen-bond acceptors (Lipinski definition) is 4. The molecule has 2 aromatic rings. The first-order valence-electron chi connectivity index (χ1n) is 7.96. The molecule has 0 unspecified atom stereocenters. The third kappa shape index (κ3) is 6.05. The van der Waals surface area contributed by atoms with E-state index in [4.69, 9.17) is 27.9 Å². The maximum Gasteiger partial charge on any atom is 0.340 e. The lowest BCUT2D eigenvalue weighted by Crippen LogP contribution is -2.22. The largest absolute Gasteiger partial charge is 0.454 e. The summed E-state index contributed by atoms with van der Waals surface area (Å²) >= 11 is 11.4. The molecule has 0 fully saturated rings. The second-order valence-corrected chi connectivity index (χ2v) is 6.49. The van der Waals surface area contributed by atoms with Crippen LogP contribution in [0.4, 0.5) is 4.39 Å². The maximum atomic E-state index is 13.5. The number of nitrogens with one attached hydrogen (secondary N) is 1. The molecule has 0 aromatic heterocycles. The third-order valence-electron chi connectivity index (χ3n) is 3.63. The lowest BCUT2D eigenvalue weighted by Gasteiger charge is -2.08. The van der Waals surface area contributed by atoms with Crippen LogP contribution < -0.4 is 5.32 Å². The van der Waals surface area contributed by atoms with E-state index in [0.717, 1.165) is 17.7 Å². The van der Waals surface area contributed by atoms with Crippen molar-refractivity contribution in [3.05, 3.63) is 69.0 Å². The number of ketones is 1. The van der Waals surface area contributed by atoms with Crippen LogP contribution in [0.3, 0.4) is 0 Å². The van der Waals surface area contributed by atoms with Crippen LogP contribution in [-0.4, -0.2) is 30.8 Å². The Labute approximate surface area is 165 Å². The van der Waals surface area contributed by atoms with Gasteiger partial charge in [-0.2, -0.15) is 0 Å². The van der Waals surface area contributed by atoms with E-state index in [1.54, 1.807) is 24.3 Å². The molecule has 27 heavy (non-hydrogen) atoms. The van der Waals surface area contributed by atoms with Gasteiger partial charge in [-0.05, 0) is 24.1 Å². The van der Waals surface area contributed by atoms with Gasteiger partial charge in [0.25, 0.3) is 0 Å². The van der Waals surface area contributed by atoms with E-state index in [1.165, 1.54) is 6.92 Å². The molecule has 0 bridgehead atoms. The molecule has 0 saturated carbocycles. The van der Waals surface area contributed by atoms with E-state index in [0.29, 0.717) is 18.5 Å². The second kappa shape index (κ2) is 9.48. The predicted molar refractivity (Wildman–Crippen MR) is 99.9 cm³/mol. The first-order chi connectivity index (χ1) is 12.8. The maximum absolute atomic E-state index is 13.5. The van der Waals surface area contributed by atoms with Crippen molar-refractivity contribution in [2.24, 2.45) is 0 Å². The van der Waals surface area contributed by atoms with Gasteiger partial charge >= 0.3 is 5.97 Å². The number of benzene rings is 2. The van der Waals surface area contributed by atoms with Crippen LogP contribution >= 0.6 is 23.2 Å². The zero-order valence-electron chi connectivity index (χ0n) is 14.4. The van der Waals surface area contributed by atoms with Crippen molar-refractivity contribution in [2.75, 3.05) is 13.2 Å². The molecule has 0 aliphatic heterocycles. The SMILES string of the molecule is CC(=O)NCCc1ccc(C(=O)COC(=O)c2cc(F)c(Cl)cc2Cl)cc1. The summed E-state index contributed by atoms with van der Waals surface area (Å²) in [6.45, 7) is 1.43. The summed E-state index contributed by atoms with van der Waals surface area (Å²) in [5.74, 6) is -2.25. The highest BCUT2D eigenvalue weighted by atomic mass is 35.5. The molecule has 142 valence electrons. The van der Waals surface area contributed by atoms with Gasteiger partial charge in [0.2, 0.25) is 5.91 Å². The molecule has 0 aliphatic carbocycles. The number of esters is 1. The van der Waals surface area contributed by atoms with Crippen molar-refractivity contribution < 1.29 is 23.5 Å². The first kappa shape index (κ1) is 20.9. The van der Waals surface area contributed by atoms with Crippen molar-refractivity contribution >= 4 is 40.9 Å². The highest BCUT2D eigenvalue weighted by Crippen LogP contribution is 2.25. The molecule has 2 aromatic carbocycles. The van der Waals surface area contributed by atoms with Gasteiger partial charge in [-0.3, -0.25) is 9.59 Å². The summed E-state index contributed by atoms with van der Waals surface area (Å²) in [6.07, 6.45) is 0.629. The number of hydrogen-bond donors (Lipinski definition) is 1. The number of ether oxygens (including phenoxy) is 1. The van der Waals surface area contributed by atoms with Crippen molar-refractivity contribution in [1.29, 1.82) is 0 Å². The van der Waals surface area contributed by atoms with Crippen molar-refractivity contribution in [2.45, 2.75) is 13.3 Å². The van der Waals surface area contributed by atoms with E-state index in [2.05, 4.69) is 5.32 Å². The van der Waals surface area contributed by atoms with Crippen LogP contribution in [0.25, 0.3) is 0 Å². The topological polar surface area (TPSA) is 72.5 Å². The fraction of sp³-hybridized carbons (Fsp3) is 0.211. The average molecular weight is 412 g/mol. The van der Waals surface area contributed by atoms with Gasteiger partial charge in [-0.1, -0.05) is 47.5 Å². The molecule has 1 N–H and O–H groups in total. The number of amides is 1. The van der Waals surface area contributed by atoms with Crippen LogP contribution in [0.1, 0.15) is 33.2 Å². The third-order valence-corrected chi connectivity index (χ3v) is 4.23. The molecule has 0 saturated heterocycles. The number of carbonyl (C=O) groups excluding carboxylic acids is 3. The molecule has 0 heterocycles. The van der Waals surface area contributed by atoms with Gasteiger partial charge in [0.05, 0.1) is 15.6 Å². The van der Waals surface area contributed by atoms with Gasteiger partial charge in [0.15, 0.2) is 12.4 Å². The van der Waals surface area contributed by atoms with E-state index in [1.807, 2.05) is 0 Å². The molecule has 5 nitrogen and oxygen atoms in total. The van der Waals surface area contributed by atoms with Crippen LogP contribution in [0, 0.1) is 5.82 Å². The highest BCUT2D eigenvalue weighted by Gasteiger charge is 2.17. The van der Waals surface area contributed by atoms with Crippen LogP contribution in [0.15, 0.2) is 36.4 Å². The summed E-state index contributed by atoms with van der Waals surface area (Å²) in [5, 5.41) is 2.40. The lowest BCUT2D eigenvalue weighted by molar-refractivity contribution is -0.118. The quantitative estimate of drug-likeness (QED) is 0.426. The molecule has 0 atom stereocenters. The Bertz CT molecular complexity index is 869. The smallest absolute Gasteiger partial charge is 0.340 e. The molecular weight excluding hydrogens is 396 g/mol. The van der Waals surface area contributed by atoms with E-state index >= 15 is 0 Å². The Morgan fingerprint density at radius 1 is 1.07 bits per heavy atom. The minimum Gasteiger partial charge on any atom is -0.454 e. The molecule has 8 heteroatoms. The summed E-state index contributed by atoms with van der Waals surface area (Å²) in [5.41, 5.74) is 1.10. The minimum atomic E-state index is -0.921. The van der Waals surface area contributed by atoms with Gasteiger partial charge in [0.1, 0.15) is 5.82 Å². The standard InChI is InChI=1S/C19H16Cl2FNO4/c1-11(24)23-7-6-12-2-4-13(5-3-12)18(25)10-27-19(26)14-8-17(22)16(21)9-15(14)20/h2-5,8-9H,6-7,10H2,1H3,(H,23,24). The molecular formula is C19H16Cl2FNO4. The van der Waals surface area contributed by atoms with E-state index in [9.17, 15) is 18.8 Å². The number of Topliss-reactive ketones (excluding diaryl/α,β-unsaturated/α-hetero) is 1. The van der Waals surface area contributed by atoms with Crippen molar-refractivity contribution in [3.8, 4) is 0 Å². The second-order valence-electron chi connectivity index (χ2n) is 5.68. The first-order valence-corrected chi connectivity index (χ1v) is 8.71. The van der Waals surface area contributed by atoms with Crippen LogP contribution in [0.5, 0.6) is 0 Å². The Kier molecular flexibility index (Phi) is 7.33. The summed E-state index contributed by atoms with van der Waals surface area (Å²) in [4.78, 5) is 35.0. The van der Waals surface area contributed by atoms with E-state index < -0.39 is 24.2 Å². The van der Waals surface area contributed by atoms with Gasteiger partial charge in [-0.25, -0.2) is 9.18 Å². The zero-order valence-corrected chi connectivity index (χ0v) is 15.9. The Morgan fingerprint density at radius 3 is 2.37 bits per heavy atom. The van der Waals surface area contributed by atoms with Gasteiger partial charge in [-0.15, -0.1) is 0 Å². The minimum absolute atomic E-state index is 0.0672. The van der Waals surface area contributed by atoms with E-state index in [-0.39, 0.29) is 21.5 Å². The average Bonchev–Trinajstić information content (AvgIpc) is 2.62. The van der Waals surface area contributed by atoms with Crippen LogP contribution in [-0.2, 0) is 16.0 Å². The predicted octanol–water partition coefficient (Wildman–Crippen LogP) is 3.85. The normalized spacial score (nSPS) is 10.4. The molecule has 0 aliphatic rings. The molecule has 0 radical (unpaired) electrons. The highest BCUT2D eigenvalue weighted by molar-refractivity contribution is 6.36. The fourth-order valence-corrected chi connectivity index (χ4v) is 2.67. The Morgan fingerprint density at radius 2 is 1.74 bits per heavy atom. The van der Waals surface area contributed by atoms with Gasteiger partial charge in [0, 0.05) is 19.0 Å².